The molecule has 6 heteroatoms. The molecule has 0 saturated carbocycles. The average Bonchev–Trinajstić information content (AvgIpc) is 1.98. The van der Waals surface area contributed by atoms with Crippen molar-refractivity contribution in [3.05, 3.63) is 0 Å². The van der Waals surface area contributed by atoms with Gasteiger partial charge in [-0.2, -0.15) is 8.42 Å². The molecule has 0 saturated heterocycles. The van der Waals surface area contributed by atoms with Crippen LogP contribution in [0.25, 0.3) is 0 Å². The van der Waals surface area contributed by atoms with E-state index in [1.165, 1.54) is 0 Å². The minimum absolute atomic E-state index is 0.418. The highest BCUT2D eigenvalue weighted by Crippen LogP contribution is 1.78. The lowest BCUT2D eigenvalue weighted by Gasteiger charge is -2.05. The third-order valence-corrected chi connectivity index (χ3v) is 2.48. The molecule has 0 rings (SSSR count). The molecule has 3 N–H and O–H groups in total. The molecule has 0 heterocycles. The van der Waals surface area contributed by atoms with Gasteiger partial charge in [0.1, 0.15) is 0 Å². The van der Waals surface area contributed by atoms with Gasteiger partial charge in [-0.05, 0) is 20.0 Å². The summed E-state index contributed by atoms with van der Waals surface area (Å²) in [5.74, 6) is 0. The van der Waals surface area contributed by atoms with E-state index in [-0.39, 0.29) is 0 Å². The van der Waals surface area contributed by atoms with E-state index in [4.69, 9.17) is 0 Å². The van der Waals surface area contributed by atoms with Gasteiger partial charge in [0, 0.05) is 13.1 Å². The van der Waals surface area contributed by atoms with Crippen LogP contribution in [0.15, 0.2) is 0 Å². The summed E-state index contributed by atoms with van der Waals surface area (Å²) in [6.07, 6.45) is 0.793. The van der Waals surface area contributed by atoms with Gasteiger partial charge in [0.15, 0.2) is 0 Å². The van der Waals surface area contributed by atoms with Crippen molar-refractivity contribution in [1.82, 2.24) is 14.8 Å². The Morgan fingerprint density at radius 1 is 1.17 bits per heavy atom. The van der Waals surface area contributed by atoms with Gasteiger partial charge in [-0.3, -0.25) is 0 Å². The summed E-state index contributed by atoms with van der Waals surface area (Å²) in [7, 11) is -1.41. The third-order valence-electron chi connectivity index (χ3n) is 1.23. The lowest BCUT2D eigenvalue weighted by molar-refractivity contribution is 0.565. The topological polar surface area (TPSA) is 70.2 Å². The van der Waals surface area contributed by atoms with Gasteiger partial charge < -0.3 is 5.32 Å². The molecule has 12 heavy (non-hydrogen) atoms. The number of nitrogens with one attached hydrogen (secondary N) is 3. The van der Waals surface area contributed by atoms with Crippen LogP contribution < -0.4 is 14.8 Å². The molecule has 0 spiro atoms. The van der Waals surface area contributed by atoms with Gasteiger partial charge >= 0.3 is 0 Å². The largest absolute Gasteiger partial charge is 0.320 e. The van der Waals surface area contributed by atoms with E-state index in [1.807, 2.05) is 7.05 Å². The summed E-state index contributed by atoms with van der Waals surface area (Å²) in [6, 6.07) is 0. The fourth-order valence-corrected chi connectivity index (χ4v) is 1.61. The molecular formula is C6H17N3O2S. The quantitative estimate of drug-likeness (QED) is 0.458. The molecule has 0 fully saturated rings. The summed E-state index contributed by atoms with van der Waals surface area (Å²) in [5.41, 5.74) is 0. The van der Waals surface area contributed by atoms with Gasteiger partial charge in [0.2, 0.25) is 0 Å². The van der Waals surface area contributed by atoms with Gasteiger partial charge in [0.25, 0.3) is 10.2 Å². The number of rotatable bonds is 7. The van der Waals surface area contributed by atoms with E-state index in [1.54, 1.807) is 6.92 Å². The van der Waals surface area contributed by atoms with Gasteiger partial charge in [-0.25, -0.2) is 9.44 Å². The fraction of sp³-hybridized carbons (Fsp3) is 1.00. The molecule has 0 aliphatic carbocycles. The zero-order chi connectivity index (χ0) is 9.45. The van der Waals surface area contributed by atoms with E-state index in [0.29, 0.717) is 13.1 Å². The summed E-state index contributed by atoms with van der Waals surface area (Å²) in [4.78, 5) is 0. The Morgan fingerprint density at radius 3 is 2.33 bits per heavy atom. The maximum atomic E-state index is 11.0. The SMILES string of the molecule is CCNS(=O)(=O)NCCCNC. The second kappa shape index (κ2) is 6.36. The van der Waals surface area contributed by atoms with Crippen molar-refractivity contribution < 1.29 is 8.42 Å². The van der Waals surface area contributed by atoms with Crippen LogP contribution in [-0.2, 0) is 10.2 Å². The van der Waals surface area contributed by atoms with E-state index >= 15 is 0 Å². The van der Waals surface area contributed by atoms with Crippen LogP contribution in [0, 0.1) is 0 Å². The molecule has 0 aliphatic heterocycles. The Morgan fingerprint density at radius 2 is 1.83 bits per heavy atom. The van der Waals surface area contributed by atoms with Crippen molar-refractivity contribution in [1.29, 1.82) is 0 Å². The van der Waals surface area contributed by atoms with Crippen molar-refractivity contribution in [2.45, 2.75) is 13.3 Å². The monoisotopic (exact) mass is 195 g/mol. The number of hydrogen-bond acceptors (Lipinski definition) is 3. The van der Waals surface area contributed by atoms with Crippen LogP contribution >= 0.6 is 0 Å². The second-order valence-corrected chi connectivity index (χ2v) is 3.94. The maximum Gasteiger partial charge on any atom is 0.276 e. The number of hydrogen-bond donors (Lipinski definition) is 3. The molecule has 0 radical (unpaired) electrons. The Labute approximate surface area is 74.1 Å². The van der Waals surface area contributed by atoms with Crippen LogP contribution in [0.1, 0.15) is 13.3 Å². The molecule has 0 amide bonds. The molecule has 0 aromatic rings. The van der Waals surface area contributed by atoms with Crippen molar-refractivity contribution in [2.75, 3.05) is 26.7 Å². The Kier molecular flexibility index (Phi) is 6.27. The third kappa shape index (κ3) is 6.53. The smallest absolute Gasteiger partial charge is 0.276 e. The minimum atomic E-state index is -3.24. The Hall–Kier alpha value is -0.170. The van der Waals surface area contributed by atoms with E-state index in [2.05, 4.69) is 14.8 Å². The predicted molar refractivity (Wildman–Crippen MR) is 49.1 cm³/mol. The summed E-state index contributed by atoms with van der Waals surface area (Å²) in [6.45, 7) is 3.44. The highest BCUT2D eigenvalue weighted by Gasteiger charge is 2.04. The second-order valence-electron chi connectivity index (χ2n) is 2.35. The normalized spacial score (nSPS) is 11.8. The molecular weight excluding hydrogens is 178 g/mol. The van der Waals surface area contributed by atoms with E-state index in [0.717, 1.165) is 13.0 Å². The molecule has 0 aliphatic rings. The predicted octanol–water partition coefficient (Wildman–Crippen LogP) is -0.960. The highest BCUT2D eigenvalue weighted by molar-refractivity contribution is 7.87. The summed E-state index contributed by atoms with van der Waals surface area (Å²) in [5, 5.41) is 2.93. The van der Waals surface area contributed by atoms with Crippen molar-refractivity contribution in [3.8, 4) is 0 Å². The molecule has 0 bridgehead atoms. The van der Waals surface area contributed by atoms with Crippen LogP contribution in [0.5, 0.6) is 0 Å². The van der Waals surface area contributed by atoms with Gasteiger partial charge in [-0.15, -0.1) is 0 Å². The van der Waals surface area contributed by atoms with E-state index < -0.39 is 10.2 Å². The zero-order valence-electron chi connectivity index (χ0n) is 7.55. The van der Waals surface area contributed by atoms with Crippen LogP contribution in [0.4, 0.5) is 0 Å². The first-order chi connectivity index (χ1) is 5.62. The zero-order valence-corrected chi connectivity index (χ0v) is 8.37. The van der Waals surface area contributed by atoms with Crippen molar-refractivity contribution in [2.24, 2.45) is 0 Å². The molecule has 0 aromatic heterocycles. The standard InChI is InChI=1S/C6H17N3O2S/c1-3-8-12(10,11)9-6-4-5-7-2/h7-9H,3-6H2,1-2H3. The lowest BCUT2D eigenvalue weighted by atomic mass is 10.4. The lowest BCUT2D eigenvalue weighted by Crippen LogP contribution is -2.37. The first-order valence-corrected chi connectivity index (χ1v) is 5.49. The molecule has 0 aromatic carbocycles. The Bertz CT molecular complexity index is 191. The molecule has 0 unspecified atom stereocenters. The van der Waals surface area contributed by atoms with Gasteiger partial charge in [-0.1, -0.05) is 6.92 Å². The van der Waals surface area contributed by atoms with Gasteiger partial charge in [0.05, 0.1) is 0 Å². The van der Waals surface area contributed by atoms with Crippen LogP contribution in [0.3, 0.4) is 0 Å². The fourth-order valence-electron chi connectivity index (χ4n) is 0.713. The molecule has 5 nitrogen and oxygen atoms in total. The van der Waals surface area contributed by atoms with Crippen molar-refractivity contribution >= 4 is 10.2 Å². The Balaban J connectivity index is 3.48. The average molecular weight is 195 g/mol. The molecule has 74 valence electrons. The van der Waals surface area contributed by atoms with Crippen LogP contribution in [0.2, 0.25) is 0 Å². The van der Waals surface area contributed by atoms with Crippen molar-refractivity contribution in [3.63, 3.8) is 0 Å². The maximum absolute atomic E-state index is 11.0. The first kappa shape index (κ1) is 11.8. The van der Waals surface area contributed by atoms with E-state index in [9.17, 15) is 8.42 Å². The minimum Gasteiger partial charge on any atom is -0.320 e. The van der Waals surface area contributed by atoms with Crippen LogP contribution in [-0.4, -0.2) is 35.1 Å². The highest BCUT2D eigenvalue weighted by atomic mass is 32.2. The first-order valence-electron chi connectivity index (χ1n) is 4.01. The summed E-state index contributed by atoms with van der Waals surface area (Å²) >= 11 is 0. The molecule has 0 atom stereocenters. The summed E-state index contributed by atoms with van der Waals surface area (Å²) < 4.78 is 26.7.